The maximum Gasteiger partial charge on any atom is 0.149 e. The van der Waals surface area contributed by atoms with Crippen molar-refractivity contribution in [3.05, 3.63) is 30.7 Å². The Labute approximate surface area is 113 Å². The van der Waals surface area contributed by atoms with Gasteiger partial charge in [-0.05, 0) is 44.8 Å². The number of aromatic amines is 1. The van der Waals surface area contributed by atoms with E-state index < -0.39 is 0 Å². The number of halogens is 2. The third-order valence-electron chi connectivity index (χ3n) is 1.84. The molecule has 0 saturated heterocycles. The first-order valence-corrected chi connectivity index (χ1v) is 6.96. The molecular weight excluding hydrogens is 360 g/mol. The molecule has 0 spiro atoms. The van der Waals surface area contributed by atoms with E-state index in [0.29, 0.717) is 4.64 Å². The number of aryl methyl sites for hydroxylation is 1. The summed E-state index contributed by atoms with van der Waals surface area (Å²) in [6.07, 6.45) is 0. The first-order chi connectivity index (χ1) is 7.08. The van der Waals surface area contributed by atoms with Crippen LogP contribution in [0.15, 0.2) is 20.4 Å². The molecule has 0 saturated carbocycles. The zero-order valence-corrected chi connectivity index (χ0v) is 12.5. The molecule has 0 aliphatic carbocycles. The van der Waals surface area contributed by atoms with Crippen LogP contribution >= 0.6 is 55.4 Å². The molecule has 0 atom stereocenters. The van der Waals surface area contributed by atoms with Crippen molar-refractivity contribution in [3.8, 4) is 10.7 Å². The third-order valence-corrected chi connectivity index (χ3v) is 5.06. The number of rotatable bonds is 1. The van der Waals surface area contributed by atoms with Crippen LogP contribution in [-0.2, 0) is 0 Å². The molecule has 0 aliphatic rings. The lowest BCUT2D eigenvalue weighted by atomic mass is 10.4. The van der Waals surface area contributed by atoms with E-state index in [2.05, 4.69) is 41.8 Å². The predicted molar refractivity (Wildman–Crippen MR) is 72.9 cm³/mol. The van der Waals surface area contributed by atoms with E-state index >= 15 is 0 Å². The molecule has 2 nitrogen and oxygen atoms in total. The van der Waals surface area contributed by atoms with E-state index in [1.165, 1.54) is 0 Å². The summed E-state index contributed by atoms with van der Waals surface area (Å²) >= 11 is 13.6. The van der Waals surface area contributed by atoms with E-state index in [1.54, 1.807) is 11.3 Å². The molecule has 0 amide bonds. The fourth-order valence-electron chi connectivity index (χ4n) is 1.13. The summed E-state index contributed by atoms with van der Waals surface area (Å²) in [5.74, 6) is 0.816. The highest BCUT2D eigenvalue weighted by atomic mass is 79.9. The van der Waals surface area contributed by atoms with Crippen molar-refractivity contribution in [2.75, 3.05) is 0 Å². The largest absolute Gasteiger partial charge is 0.342 e. The fourth-order valence-corrected chi connectivity index (χ4v) is 2.93. The van der Waals surface area contributed by atoms with Gasteiger partial charge in [0.2, 0.25) is 0 Å². The van der Waals surface area contributed by atoms with E-state index in [0.717, 1.165) is 25.3 Å². The summed E-state index contributed by atoms with van der Waals surface area (Å²) in [6.45, 7) is 1.97. The summed E-state index contributed by atoms with van der Waals surface area (Å²) < 4.78 is 2.51. The Morgan fingerprint density at radius 2 is 2.20 bits per heavy atom. The highest BCUT2D eigenvalue weighted by Crippen LogP contribution is 2.28. The van der Waals surface area contributed by atoms with Crippen LogP contribution in [0.1, 0.15) is 5.69 Å². The fraction of sp³-hybridized carbons (Fsp3) is 0.111. The van der Waals surface area contributed by atoms with Gasteiger partial charge in [0.1, 0.15) is 10.5 Å². The SMILES string of the molecule is Cc1[nH]c(-c2cc(Br)cs2)nc(=S)c1Br. The van der Waals surface area contributed by atoms with Crippen LogP contribution in [0.25, 0.3) is 10.7 Å². The van der Waals surface area contributed by atoms with Gasteiger partial charge in [-0.3, -0.25) is 0 Å². The molecule has 6 heteroatoms. The van der Waals surface area contributed by atoms with Crippen LogP contribution in [0.2, 0.25) is 0 Å². The first kappa shape index (κ1) is 11.4. The van der Waals surface area contributed by atoms with Crippen molar-refractivity contribution in [1.82, 2.24) is 9.97 Å². The summed E-state index contributed by atoms with van der Waals surface area (Å²) in [4.78, 5) is 8.60. The lowest BCUT2D eigenvalue weighted by Gasteiger charge is -2.02. The van der Waals surface area contributed by atoms with Crippen molar-refractivity contribution in [1.29, 1.82) is 0 Å². The Morgan fingerprint density at radius 1 is 1.47 bits per heavy atom. The number of nitrogens with zero attached hydrogens (tertiary/aromatic N) is 1. The third kappa shape index (κ3) is 2.38. The molecule has 1 N–H and O–H groups in total. The average Bonchev–Trinajstić information content (AvgIpc) is 2.60. The number of thiophene rings is 1. The number of hydrogen-bond donors (Lipinski definition) is 1. The van der Waals surface area contributed by atoms with Gasteiger partial charge in [-0.25, -0.2) is 4.98 Å². The molecular formula is C9H6Br2N2S2. The second-order valence-electron chi connectivity index (χ2n) is 2.96. The van der Waals surface area contributed by atoms with Gasteiger partial charge < -0.3 is 4.98 Å². The van der Waals surface area contributed by atoms with Crippen molar-refractivity contribution in [2.45, 2.75) is 6.92 Å². The van der Waals surface area contributed by atoms with Crippen LogP contribution in [0.3, 0.4) is 0 Å². The smallest absolute Gasteiger partial charge is 0.149 e. The second-order valence-corrected chi connectivity index (χ2v) is 5.97. The molecule has 2 heterocycles. The van der Waals surface area contributed by atoms with Crippen molar-refractivity contribution < 1.29 is 0 Å². The van der Waals surface area contributed by atoms with Crippen LogP contribution < -0.4 is 0 Å². The van der Waals surface area contributed by atoms with Gasteiger partial charge >= 0.3 is 0 Å². The van der Waals surface area contributed by atoms with Crippen molar-refractivity contribution in [2.24, 2.45) is 0 Å². The Kier molecular flexibility index (Phi) is 3.39. The molecule has 78 valence electrons. The standard InChI is InChI=1S/C9H6Br2N2S2/c1-4-7(11)9(14)13-8(12-4)6-2-5(10)3-15-6/h2-3H,1H3,(H,12,13,14). The minimum atomic E-state index is 0.589. The quantitative estimate of drug-likeness (QED) is 0.742. The molecule has 0 unspecified atom stereocenters. The van der Waals surface area contributed by atoms with Crippen molar-refractivity contribution in [3.63, 3.8) is 0 Å². The minimum Gasteiger partial charge on any atom is -0.342 e. The highest BCUT2D eigenvalue weighted by Gasteiger charge is 2.06. The Hall–Kier alpha value is -0.0400. The van der Waals surface area contributed by atoms with Gasteiger partial charge in [0.15, 0.2) is 0 Å². The normalized spacial score (nSPS) is 10.6. The van der Waals surface area contributed by atoms with Crippen LogP contribution in [-0.4, -0.2) is 9.97 Å². The molecule has 2 aromatic heterocycles. The molecule has 0 bridgehead atoms. The van der Waals surface area contributed by atoms with Gasteiger partial charge in [-0.1, -0.05) is 12.2 Å². The zero-order chi connectivity index (χ0) is 11.0. The lowest BCUT2D eigenvalue weighted by Crippen LogP contribution is -1.92. The number of hydrogen-bond acceptors (Lipinski definition) is 3. The maximum absolute atomic E-state index is 5.15. The second kappa shape index (κ2) is 4.45. The Bertz CT molecular complexity index is 559. The van der Waals surface area contributed by atoms with Crippen LogP contribution in [0.4, 0.5) is 0 Å². The van der Waals surface area contributed by atoms with E-state index in [9.17, 15) is 0 Å². The summed E-state index contributed by atoms with van der Waals surface area (Å²) in [5, 5.41) is 2.02. The van der Waals surface area contributed by atoms with Crippen molar-refractivity contribution >= 4 is 55.4 Å². The molecule has 0 fully saturated rings. The van der Waals surface area contributed by atoms with E-state index in [1.807, 2.05) is 18.4 Å². The molecule has 0 aromatic carbocycles. The lowest BCUT2D eigenvalue weighted by molar-refractivity contribution is 1.09. The first-order valence-electron chi connectivity index (χ1n) is 4.09. The van der Waals surface area contributed by atoms with Gasteiger partial charge in [-0.15, -0.1) is 11.3 Å². The Balaban J connectivity index is 2.60. The van der Waals surface area contributed by atoms with Crippen LogP contribution in [0.5, 0.6) is 0 Å². The molecule has 0 radical (unpaired) electrons. The molecule has 2 aromatic rings. The van der Waals surface area contributed by atoms with Gasteiger partial charge in [-0.2, -0.15) is 0 Å². The number of aromatic nitrogens is 2. The van der Waals surface area contributed by atoms with E-state index in [-0.39, 0.29) is 0 Å². The summed E-state index contributed by atoms with van der Waals surface area (Å²) in [6, 6.07) is 2.02. The topological polar surface area (TPSA) is 28.7 Å². The zero-order valence-electron chi connectivity index (χ0n) is 7.67. The summed E-state index contributed by atoms with van der Waals surface area (Å²) in [7, 11) is 0. The highest BCUT2D eigenvalue weighted by molar-refractivity contribution is 9.10. The molecule has 0 aliphatic heterocycles. The number of H-pyrrole nitrogens is 1. The van der Waals surface area contributed by atoms with Gasteiger partial charge in [0.05, 0.1) is 9.35 Å². The predicted octanol–water partition coefficient (Wildman–Crippen LogP) is 4.70. The van der Waals surface area contributed by atoms with Gasteiger partial charge in [0, 0.05) is 15.5 Å². The monoisotopic (exact) mass is 364 g/mol. The number of nitrogens with one attached hydrogen (secondary N) is 1. The summed E-state index contributed by atoms with van der Waals surface area (Å²) in [5.41, 5.74) is 0.995. The van der Waals surface area contributed by atoms with Gasteiger partial charge in [0.25, 0.3) is 0 Å². The average molecular weight is 366 g/mol. The van der Waals surface area contributed by atoms with Crippen LogP contribution in [0, 0.1) is 11.6 Å². The molecule has 2 rings (SSSR count). The molecule has 15 heavy (non-hydrogen) atoms. The van der Waals surface area contributed by atoms with E-state index in [4.69, 9.17) is 12.2 Å². The minimum absolute atomic E-state index is 0.589. The Morgan fingerprint density at radius 3 is 2.73 bits per heavy atom. The maximum atomic E-state index is 5.15.